The molecule has 1 aromatic rings. The number of nitrogens with one attached hydrogen (secondary N) is 1. The Hall–Kier alpha value is -2.64. The number of amides is 1. The summed E-state index contributed by atoms with van der Waals surface area (Å²) in [6, 6.07) is 6.05. The second kappa shape index (κ2) is 6.88. The molecule has 0 bridgehead atoms. The third-order valence-electron chi connectivity index (χ3n) is 3.54. The first-order valence-corrected chi connectivity index (χ1v) is 6.85. The number of hydrogen-bond donors (Lipinski definition) is 1. The largest absolute Gasteiger partial charge is 0.469 e. The Morgan fingerprint density at radius 2 is 2.14 bits per heavy atom. The quantitative estimate of drug-likeness (QED) is 0.478. The molecule has 1 fully saturated rings. The van der Waals surface area contributed by atoms with Crippen molar-refractivity contribution in [3.8, 4) is 0 Å². The van der Waals surface area contributed by atoms with Crippen LogP contribution < -0.4 is 5.32 Å². The first kappa shape index (κ1) is 15.7. The van der Waals surface area contributed by atoms with E-state index in [9.17, 15) is 19.7 Å². The van der Waals surface area contributed by atoms with Gasteiger partial charge in [-0.15, -0.1) is 0 Å². The van der Waals surface area contributed by atoms with Crippen LogP contribution in [0.3, 0.4) is 0 Å². The number of rotatable bonds is 6. The van der Waals surface area contributed by atoms with Crippen LogP contribution in [0.5, 0.6) is 0 Å². The van der Waals surface area contributed by atoms with Crippen LogP contribution >= 0.6 is 0 Å². The molecular formula is C14H17N3O5. The first-order valence-electron chi connectivity index (χ1n) is 6.85. The molecular weight excluding hydrogens is 290 g/mol. The molecule has 0 radical (unpaired) electrons. The molecule has 0 spiro atoms. The number of ether oxygens (including phenoxy) is 1. The highest BCUT2D eigenvalue weighted by Gasteiger charge is 2.34. The Balaban J connectivity index is 1.80. The van der Waals surface area contributed by atoms with E-state index in [1.165, 1.54) is 19.2 Å². The minimum Gasteiger partial charge on any atom is -0.469 e. The van der Waals surface area contributed by atoms with E-state index in [4.69, 9.17) is 0 Å². The summed E-state index contributed by atoms with van der Waals surface area (Å²) in [6.07, 6.45) is 0.185. The lowest BCUT2D eigenvalue weighted by Gasteiger charge is -2.17. The predicted molar refractivity (Wildman–Crippen MR) is 78.3 cm³/mol. The minimum atomic E-state index is -0.459. The normalized spacial score (nSPS) is 17.4. The first-order chi connectivity index (χ1) is 10.5. The maximum Gasteiger partial charge on any atom is 0.310 e. The zero-order valence-corrected chi connectivity index (χ0v) is 12.2. The second-order valence-corrected chi connectivity index (χ2v) is 4.99. The number of likely N-dealkylation sites (tertiary alicyclic amines) is 1. The molecule has 118 valence electrons. The van der Waals surface area contributed by atoms with Crippen LogP contribution in [-0.4, -0.2) is 48.4 Å². The average Bonchev–Trinajstić information content (AvgIpc) is 2.88. The van der Waals surface area contributed by atoms with Crippen LogP contribution in [0.1, 0.15) is 6.42 Å². The summed E-state index contributed by atoms with van der Waals surface area (Å²) >= 11 is 0. The number of nitro groups is 1. The Morgan fingerprint density at radius 1 is 1.45 bits per heavy atom. The van der Waals surface area contributed by atoms with Crippen LogP contribution in [0.2, 0.25) is 0 Å². The Labute approximate surface area is 127 Å². The van der Waals surface area contributed by atoms with Gasteiger partial charge in [0.05, 0.1) is 18.0 Å². The van der Waals surface area contributed by atoms with Crippen molar-refractivity contribution in [2.75, 3.05) is 32.1 Å². The van der Waals surface area contributed by atoms with Crippen LogP contribution in [0.4, 0.5) is 11.4 Å². The van der Waals surface area contributed by atoms with Crippen molar-refractivity contribution in [2.45, 2.75) is 6.42 Å². The Morgan fingerprint density at radius 3 is 2.73 bits per heavy atom. The number of carbonyl (C=O) groups excluding carboxylic acids is 2. The molecule has 1 N–H and O–H groups in total. The molecule has 1 saturated heterocycles. The molecule has 1 amide bonds. The fourth-order valence-corrected chi connectivity index (χ4v) is 2.35. The Kier molecular flexibility index (Phi) is 4.92. The van der Waals surface area contributed by atoms with Gasteiger partial charge in [0.15, 0.2) is 0 Å². The molecule has 22 heavy (non-hydrogen) atoms. The van der Waals surface area contributed by atoms with Crippen molar-refractivity contribution in [2.24, 2.45) is 5.92 Å². The topological polar surface area (TPSA) is 102 Å². The van der Waals surface area contributed by atoms with E-state index in [0.29, 0.717) is 19.6 Å². The molecule has 1 aliphatic rings. The van der Waals surface area contributed by atoms with Gasteiger partial charge < -0.3 is 15.0 Å². The monoisotopic (exact) mass is 307 g/mol. The van der Waals surface area contributed by atoms with Crippen molar-refractivity contribution < 1.29 is 19.2 Å². The fraction of sp³-hybridized carbons (Fsp3) is 0.429. The summed E-state index contributed by atoms with van der Waals surface area (Å²) in [5, 5.41) is 13.6. The number of nitro benzene ring substituents is 1. The van der Waals surface area contributed by atoms with Crippen molar-refractivity contribution in [1.82, 2.24) is 4.90 Å². The van der Waals surface area contributed by atoms with Crippen molar-refractivity contribution in [3.05, 3.63) is 34.4 Å². The van der Waals surface area contributed by atoms with Gasteiger partial charge in [0.2, 0.25) is 5.91 Å². The van der Waals surface area contributed by atoms with Gasteiger partial charge in [0.1, 0.15) is 0 Å². The standard InChI is InChI=1S/C14H17N3O5/c1-22-14(19)10-8-13(18)16(9-10)7-6-15-11-2-4-12(5-3-11)17(20)21/h2-5,10,15H,6-9H2,1H3/t10-/m0/s1. The summed E-state index contributed by atoms with van der Waals surface area (Å²) in [5.74, 6) is -0.822. The van der Waals surface area contributed by atoms with Gasteiger partial charge >= 0.3 is 5.97 Å². The number of non-ortho nitro benzene ring substituents is 1. The molecule has 0 saturated carbocycles. The van der Waals surface area contributed by atoms with Crippen LogP contribution in [0, 0.1) is 16.0 Å². The molecule has 1 aromatic carbocycles. The van der Waals surface area contributed by atoms with E-state index < -0.39 is 10.8 Å². The van der Waals surface area contributed by atoms with Crippen LogP contribution in [0.25, 0.3) is 0 Å². The lowest BCUT2D eigenvalue weighted by molar-refractivity contribution is -0.384. The smallest absolute Gasteiger partial charge is 0.310 e. The number of esters is 1. The zero-order valence-electron chi connectivity index (χ0n) is 12.2. The fourth-order valence-electron chi connectivity index (χ4n) is 2.35. The molecule has 0 unspecified atom stereocenters. The summed E-state index contributed by atoms with van der Waals surface area (Å²) in [5.41, 5.74) is 0.767. The van der Waals surface area contributed by atoms with Gasteiger partial charge in [-0.3, -0.25) is 19.7 Å². The van der Waals surface area contributed by atoms with E-state index in [0.717, 1.165) is 5.69 Å². The maximum atomic E-state index is 11.8. The molecule has 0 aromatic heterocycles. The van der Waals surface area contributed by atoms with Gasteiger partial charge in [-0.2, -0.15) is 0 Å². The summed E-state index contributed by atoms with van der Waals surface area (Å²) in [6.45, 7) is 1.33. The molecule has 1 atom stereocenters. The van der Waals surface area contributed by atoms with Gasteiger partial charge in [0, 0.05) is 43.9 Å². The van der Waals surface area contributed by atoms with E-state index in [1.807, 2.05) is 0 Å². The van der Waals surface area contributed by atoms with Crippen molar-refractivity contribution >= 4 is 23.3 Å². The number of benzene rings is 1. The van der Waals surface area contributed by atoms with E-state index in [-0.39, 0.29) is 24.0 Å². The molecule has 1 heterocycles. The zero-order chi connectivity index (χ0) is 16.1. The van der Waals surface area contributed by atoms with Crippen LogP contribution in [-0.2, 0) is 14.3 Å². The molecule has 1 aliphatic heterocycles. The average molecular weight is 307 g/mol. The van der Waals surface area contributed by atoms with Crippen LogP contribution in [0.15, 0.2) is 24.3 Å². The number of hydrogen-bond acceptors (Lipinski definition) is 6. The van der Waals surface area contributed by atoms with E-state index >= 15 is 0 Å². The predicted octanol–water partition coefficient (Wildman–Crippen LogP) is 1.03. The third kappa shape index (κ3) is 3.72. The molecule has 8 heteroatoms. The summed E-state index contributed by atoms with van der Waals surface area (Å²) in [7, 11) is 1.31. The lowest BCUT2D eigenvalue weighted by atomic mass is 10.1. The highest BCUT2D eigenvalue weighted by molar-refractivity contribution is 5.86. The maximum absolute atomic E-state index is 11.8. The summed E-state index contributed by atoms with van der Waals surface area (Å²) < 4.78 is 4.65. The van der Waals surface area contributed by atoms with E-state index in [2.05, 4.69) is 10.1 Å². The van der Waals surface area contributed by atoms with Crippen molar-refractivity contribution in [1.29, 1.82) is 0 Å². The summed E-state index contributed by atoms with van der Waals surface area (Å²) in [4.78, 5) is 34.9. The van der Waals surface area contributed by atoms with Gasteiger partial charge in [-0.05, 0) is 12.1 Å². The number of anilines is 1. The number of methoxy groups -OCH3 is 1. The van der Waals surface area contributed by atoms with Gasteiger partial charge in [-0.1, -0.05) is 0 Å². The SMILES string of the molecule is COC(=O)[C@H]1CC(=O)N(CCNc2ccc([N+](=O)[O-])cc2)C1. The van der Waals surface area contributed by atoms with E-state index in [1.54, 1.807) is 17.0 Å². The molecule has 8 nitrogen and oxygen atoms in total. The molecule has 2 rings (SSSR count). The lowest BCUT2D eigenvalue weighted by Crippen LogP contribution is -2.31. The third-order valence-corrected chi connectivity index (χ3v) is 3.54. The highest BCUT2D eigenvalue weighted by atomic mass is 16.6. The number of carbonyl (C=O) groups is 2. The highest BCUT2D eigenvalue weighted by Crippen LogP contribution is 2.19. The van der Waals surface area contributed by atoms with Gasteiger partial charge in [-0.25, -0.2) is 0 Å². The second-order valence-electron chi connectivity index (χ2n) is 4.99. The Bertz CT molecular complexity index is 572. The molecule has 0 aliphatic carbocycles. The van der Waals surface area contributed by atoms with Gasteiger partial charge in [0.25, 0.3) is 5.69 Å². The van der Waals surface area contributed by atoms with Crippen molar-refractivity contribution in [3.63, 3.8) is 0 Å². The number of nitrogens with zero attached hydrogens (tertiary/aromatic N) is 2. The minimum absolute atomic E-state index is 0.0289.